The fraction of sp³-hybridized carbons (Fsp3) is 0.143. The van der Waals surface area contributed by atoms with Gasteiger partial charge < -0.3 is 10.1 Å². The van der Waals surface area contributed by atoms with Crippen molar-refractivity contribution >= 4 is 27.5 Å². The molecule has 2 aromatic rings. The third kappa shape index (κ3) is 3.79. The zero-order valence-electron chi connectivity index (χ0n) is 10.4. The van der Waals surface area contributed by atoms with Gasteiger partial charge >= 0.3 is 0 Å². The van der Waals surface area contributed by atoms with Crippen molar-refractivity contribution in [3.63, 3.8) is 0 Å². The Morgan fingerprint density at radius 2 is 2.21 bits per heavy atom. The number of benzene rings is 1. The van der Waals surface area contributed by atoms with Gasteiger partial charge in [-0.15, -0.1) is 0 Å². The maximum absolute atomic E-state index is 11.9. The number of hydrogen-bond acceptors (Lipinski definition) is 3. The summed E-state index contributed by atoms with van der Waals surface area (Å²) in [5, 5.41) is 2.82. The summed E-state index contributed by atoms with van der Waals surface area (Å²) in [5.41, 5.74) is 1.37. The molecule has 2 rings (SSSR count). The molecule has 5 heteroatoms. The van der Waals surface area contributed by atoms with Crippen LogP contribution in [0.5, 0.6) is 5.75 Å². The molecule has 4 nitrogen and oxygen atoms in total. The Labute approximate surface area is 119 Å². The van der Waals surface area contributed by atoms with Crippen LogP contribution in [0.2, 0.25) is 0 Å². The molecule has 98 valence electrons. The minimum absolute atomic E-state index is 0.130. The van der Waals surface area contributed by atoms with Crippen molar-refractivity contribution < 1.29 is 9.53 Å². The third-order valence-corrected chi connectivity index (χ3v) is 3.00. The summed E-state index contributed by atoms with van der Waals surface area (Å²) in [5.74, 6) is 0.493. The first-order valence-corrected chi connectivity index (χ1v) is 6.51. The molecule has 0 radical (unpaired) electrons. The molecule has 0 aliphatic rings. The second kappa shape index (κ2) is 6.33. The summed E-state index contributed by atoms with van der Waals surface area (Å²) in [6.07, 6.45) is 1.90. The summed E-state index contributed by atoms with van der Waals surface area (Å²) < 4.78 is 6.08. The van der Waals surface area contributed by atoms with Gasteiger partial charge in [0, 0.05) is 16.4 Å². The van der Waals surface area contributed by atoms with E-state index in [1.54, 1.807) is 25.4 Å². The van der Waals surface area contributed by atoms with Crippen molar-refractivity contribution in [3.8, 4) is 5.75 Å². The van der Waals surface area contributed by atoms with E-state index in [1.165, 1.54) is 0 Å². The number of amides is 1. The Morgan fingerprint density at radius 1 is 1.37 bits per heavy atom. The first kappa shape index (κ1) is 13.5. The van der Waals surface area contributed by atoms with Crippen molar-refractivity contribution in [2.45, 2.75) is 6.42 Å². The van der Waals surface area contributed by atoms with Gasteiger partial charge in [0.1, 0.15) is 5.75 Å². The van der Waals surface area contributed by atoms with Crippen LogP contribution in [0.3, 0.4) is 0 Å². The van der Waals surface area contributed by atoms with E-state index in [0.29, 0.717) is 11.4 Å². The second-order valence-corrected chi connectivity index (χ2v) is 4.81. The maximum Gasteiger partial charge on any atom is 0.230 e. The Morgan fingerprint density at radius 3 is 2.89 bits per heavy atom. The Balaban J connectivity index is 2.09. The molecule has 1 heterocycles. The molecule has 0 fully saturated rings. The van der Waals surface area contributed by atoms with Crippen LogP contribution in [-0.4, -0.2) is 18.0 Å². The molecular weight excluding hydrogens is 308 g/mol. The number of anilines is 1. The maximum atomic E-state index is 11.9. The molecule has 0 aliphatic heterocycles. The fourth-order valence-corrected chi connectivity index (χ4v) is 2.00. The van der Waals surface area contributed by atoms with Crippen molar-refractivity contribution in [1.29, 1.82) is 0 Å². The molecule has 1 amide bonds. The third-order valence-electron chi connectivity index (χ3n) is 2.50. The van der Waals surface area contributed by atoms with Crippen LogP contribution < -0.4 is 10.1 Å². The minimum Gasteiger partial charge on any atom is -0.495 e. The van der Waals surface area contributed by atoms with E-state index in [4.69, 9.17) is 4.74 Å². The van der Waals surface area contributed by atoms with E-state index in [2.05, 4.69) is 26.2 Å². The van der Waals surface area contributed by atoms with Gasteiger partial charge in [-0.2, -0.15) is 0 Å². The highest BCUT2D eigenvalue weighted by Gasteiger charge is 2.09. The highest BCUT2D eigenvalue weighted by atomic mass is 79.9. The molecule has 0 unspecified atom stereocenters. The Hall–Kier alpha value is -1.88. The van der Waals surface area contributed by atoms with Gasteiger partial charge in [0.25, 0.3) is 0 Å². The summed E-state index contributed by atoms with van der Waals surface area (Å²) in [4.78, 5) is 16.1. The SMILES string of the molecule is COc1ccc(Br)cc1NC(=O)Cc1ccccn1. The number of nitrogens with one attached hydrogen (secondary N) is 1. The van der Waals surface area contributed by atoms with Crippen LogP contribution in [-0.2, 0) is 11.2 Å². The van der Waals surface area contributed by atoms with Crippen LogP contribution in [0, 0.1) is 0 Å². The molecule has 1 N–H and O–H groups in total. The number of hydrogen-bond donors (Lipinski definition) is 1. The minimum atomic E-state index is -0.130. The number of methoxy groups -OCH3 is 1. The largest absolute Gasteiger partial charge is 0.495 e. The van der Waals surface area contributed by atoms with Crippen molar-refractivity contribution in [1.82, 2.24) is 4.98 Å². The molecule has 0 aliphatic carbocycles. The second-order valence-electron chi connectivity index (χ2n) is 3.89. The first-order chi connectivity index (χ1) is 9.19. The number of carbonyl (C=O) groups excluding carboxylic acids is 1. The number of pyridine rings is 1. The predicted molar refractivity (Wildman–Crippen MR) is 77.3 cm³/mol. The van der Waals surface area contributed by atoms with Gasteiger partial charge in [-0.05, 0) is 30.3 Å². The normalized spacial score (nSPS) is 10.0. The predicted octanol–water partition coefficient (Wildman–Crippen LogP) is 3.03. The molecule has 0 spiro atoms. The number of carbonyl (C=O) groups is 1. The van der Waals surface area contributed by atoms with Gasteiger partial charge in [0.2, 0.25) is 5.91 Å². The van der Waals surface area contributed by atoms with E-state index in [-0.39, 0.29) is 12.3 Å². The van der Waals surface area contributed by atoms with Crippen molar-refractivity contribution in [2.75, 3.05) is 12.4 Å². The van der Waals surface area contributed by atoms with E-state index >= 15 is 0 Å². The summed E-state index contributed by atoms with van der Waals surface area (Å²) in [6.45, 7) is 0. The highest BCUT2D eigenvalue weighted by molar-refractivity contribution is 9.10. The number of aromatic nitrogens is 1. The first-order valence-electron chi connectivity index (χ1n) is 5.72. The number of halogens is 1. The quantitative estimate of drug-likeness (QED) is 0.942. The summed E-state index contributed by atoms with van der Waals surface area (Å²) in [6, 6.07) is 10.9. The topological polar surface area (TPSA) is 51.2 Å². The molecule has 1 aromatic heterocycles. The Bertz CT molecular complexity index is 573. The van der Waals surface area contributed by atoms with Gasteiger partial charge in [-0.3, -0.25) is 9.78 Å². The summed E-state index contributed by atoms with van der Waals surface area (Å²) >= 11 is 3.36. The summed E-state index contributed by atoms with van der Waals surface area (Å²) in [7, 11) is 1.57. The van der Waals surface area contributed by atoms with Crippen molar-refractivity contribution in [3.05, 3.63) is 52.8 Å². The number of ether oxygens (including phenoxy) is 1. The smallest absolute Gasteiger partial charge is 0.230 e. The van der Waals surface area contributed by atoms with E-state index in [1.807, 2.05) is 24.3 Å². The zero-order valence-corrected chi connectivity index (χ0v) is 12.0. The van der Waals surface area contributed by atoms with Crippen LogP contribution in [0.4, 0.5) is 5.69 Å². The molecule has 0 bridgehead atoms. The van der Waals surface area contributed by atoms with Crippen LogP contribution in [0.15, 0.2) is 47.1 Å². The van der Waals surface area contributed by atoms with E-state index < -0.39 is 0 Å². The van der Waals surface area contributed by atoms with Gasteiger partial charge in [0.05, 0.1) is 19.2 Å². The van der Waals surface area contributed by atoms with E-state index in [0.717, 1.165) is 10.2 Å². The number of nitrogens with zero attached hydrogens (tertiary/aromatic N) is 1. The van der Waals surface area contributed by atoms with Crippen LogP contribution in [0.25, 0.3) is 0 Å². The van der Waals surface area contributed by atoms with E-state index in [9.17, 15) is 4.79 Å². The van der Waals surface area contributed by atoms with Gasteiger partial charge in [-0.25, -0.2) is 0 Å². The number of rotatable bonds is 4. The monoisotopic (exact) mass is 320 g/mol. The Kier molecular flexibility index (Phi) is 4.52. The fourth-order valence-electron chi connectivity index (χ4n) is 1.64. The standard InChI is InChI=1S/C14H13BrN2O2/c1-19-13-6-5-10(15)8-12(13)17-14(18)9-11-4-2-3-7-16-11/h2-8H,9H2,1H3,(H,17,18). The lowest BCUT2D eigenvalue weighted by molar-refractivity contribution is -0.115. The van der Waals surface area contributed by atoms with Crippen LogP contribution >= 0.6 is 15.9 Å². The lowest BCUT2D eigenvalue weighted by atomic mass is 10.2. The molecule has 19 heavy (non-hydrogen) atoms. The lowest BCUT2D eigenvalue weighted by Gasteiger charge is -2.10. The highest BCUT2D eigenvalue weighted by Crippen LogP contribution is 2.27. The average Bonchev–Trinajstić information content (AvgIpc) is 2.40. The van der Waals surface area contributed by atoms with Gasteiger partial charge in [0.15, 0.2) is 0 Å². The molecular formula is C14H13BrN2O2. The molecule has 0 saturated heterocycles. The van der Waals surface area contributed by atoms with Crippen molar-refractivity contribution in [2.24, 2.45) is 0 Å². The molecule has 1 aromatic carbocycles. The van der Waals surface area contributed by atoms with Crippen LogP contribution in [0.1, 0.15) is 5.69 Å². The zero-order chi connectivity index (χ0) is 13.7. The van der Waals surface area contributed by atoms with Gasteiger partial charge in [-0.1, -0.05) is 22.0 Å². The average molecular weight is 321 g/mol. The molecule has 0 saturated carbocycles. The molecule has 0 atom stereocenters. The lowest BCUT2D eigenvalue weighted by Crippen LogP contribution is -2.15.